The van der Waals surface area contributed by atoms with E-state index in [-0.39, 0.29) is 5.82 Å². The normalized spacial score (nSPS) is 10.1. The number of aromatic nitrogens is 4. The Hall–Kier alpha value is -2.24. The minimum absolute atomic E-state index is 0.0209. The Morgan fingerprint density at radius 3 is 2.94 bits per heavy atom. The fourth-order valence-corrected chi connectivity index (χ4v) is 1.27. The number of carbonyl (C=O) groups excluding carboxylic acids is 1. The SMILES string of the molecule is COC(=O)c1ncn(-c2ncccc2C)n1. The van der Waals surface area contributed by atoms with Gasteiger partial charge < -0.3 is 4.74 Å². The monoisotopic (exact) mass is 218 g/mol. The average Bonchev–Trinajstić information content (AvgIpc) is 2.78. The van der Waals surface area contributed by atoms with Crippen molar-refractivity contribution in [1.29, 1.82) is 0 Å². The molecule has 0 atom stereocenters. The second-order valence-electron chi connectivity index (χ2n) is 3.15. The number of hydrogen-bond acceptors (Lipinski definition) is 5. The molecule has 2 rings (SSSR count). The minimum Gasteiger partial charge on any atom is -0.463 e. The van der Waals surface area contributed by atoms with Crippen molar-refractivity contribution in [1.82, 2.24) is 19.7 Å². The molecule has 0 aliphatic heterocycles. The Kier molecular flexibility index (Phi) is 2.63. The number of rotatable bonds is 2. The number of hydrogen-bond donors (Lipinski definition) is 0. The first-order valence-corrected chi connectivity index (χ1v) is 4.64. The van der Waals surface area contributed by atoms with Crippen molar-refractivity contribution in [2.45, 2.75) is 6.92 Å². The molecular weight excluding hydrogens is 208 g/mol. The van der Waals surface area contributed by atoms with Crippen molar-refractivity contribution in [3.8, 4) is 5.82 Å². The lowest BCUT2D eigenvalue weighted by atomic mass is 10.3. The predicted octanol–water partition coefficient (Wildman–Crippen LogP) is 0.757. The summed E-state index contributed by atoms with van der Waals surface area (Å²) in [6.07, 6.45) is 3.09. The van der Waals surface area contributed by atoms with E-state index in [2.05, 4.69) is 19.8 Å². The van der Waals surface area contributed by atoms with Crippen molar-refractivity contribution < 1.29 is 9.53 Å². The second kappa shape index (κ2) is 4.09. The summed E-state index contributed by atoms with van der Waals surface area (Å²) in [6.45, 7) is 1.90. The number of pyridine rings is 1. The number of nitrogens with zero attached hydrogens (tertiary/aromatic N) is 4. The van der Waals surface area contributed by atoms with Gasteiger partial charge in [0, 0.05) is 6.20 Å². The lowest BCUT2D eigenvalue weighted by Crippen LogP contribution is -2.06. The molecule has 0 radical (unpaired) electrons. The topological polar surface area (TPSA) is 69.9 Å². The molecule has 82 valence electrons. The summed E-state index contributed by atoms with van der Waals surface area (Å²) in [5.74, 6) is 0.102. The highest BCUT2D eigenvalue weighted by Crippen LogP contribution is 2.08. The van der Waals surface area contributed by atoms with Gasteiger partial charge in [0.2, 0.25) is 0 Å². The van der Waals surface area contributed by atoms with Crippen LogP contribution >= 0.6 is 0 Å². The second-order valence-corrected chi connectivity index (χ2v) is 3.15. The van der Waals surface area contributed by atoms with Crippen LogP contribution in [0.2, 0.25) is 0 Å². The zero-order chi connectivity index (χ0) is 11.5. The van der Waals surface area contributed by atoms with Crippen molar-refractivity contribution in [3.05, 3.63) is 36.0 Å². The molecule has 0 amide bonds. The van der Waals surface area contributed by atoms with Gasteiger partial charge in [-0.15, -0.1) is 5.10 Å². The summed E-state index contributed by atoms with van der Waals surface area (Å²) in [6, 6.07) is 3.73. The smallest absolute Gasteiger partial charge is 0.377 e. The molecule has 0 fully saturated rings. The van der Waals surface area contributed by atoms with Crippen LogP contribution < -0.4 is 0 Å². The molecule has 0 aliphatic carbocycles. The summed E-state index contributed by atoms with van der Waals surface area (Å²) in [5.41, 5.74) is 0.948. The first-order chi connectivity index (χ1) is 7.72. The number of esters is 1. The van der Waals surface area contributed by atoms with E-state index in [1.165, 1.54) is 18.1 Å². The fraction of sp³-hybridized carbons (Fsp3) is 0.200. The van der Waals surface area contributed by atoms with Crippen LogP contribution in [0.3, 0.4) is 0 Å². The Morgan fingerprint density at radius 1 is 1.44 bits per heavy atom. The van der Waals surface area contributed by atoms with Gasteiger partial charge in [0.05, 0.1) is 7.11 Å². The average molecular weight is 218 g/mol. The molecule has 0 spiro atoms. The number of methoxy groups -OCH3 is 1. The van der Waals surface area contributed by atoms with E-state index in [1.807, 2.05) is 19.1 Å². The van der Waals surface area contributed by atoms with Crippen molar-refractivity contribution in [2.75, 3.05) is 7.11 Å². The maximum Gasteiger partial charge on any atom is 0.377 e. The molecule has 6 nitrogen and oxygen atoms in total. The molecule has 0 unspecified atom stereocenters. The molecule has 2 heterocycles. The molecule has 0 saturated heterocycles. The molecular formula is C10H10N4O2. The van der Waals surface area contributed by atoms with Gasteiger partial charge in [0.1, 0.15) is 6.33 Å². The van der Waals surface area contributed by atoms with Gasteiger partial charge in [-0.2, -0.15) is 0 Å². The van der Waals surface area contributed by atoms with Crippen LogP contribution in [-0.4, -0.2) is 32.8 Å². The van der Waals surface area contributed by atoms with Crippen LogP contribution in [-0.2, 0) is 4.74 Å². The largest absolute Gasteiger partial charge is 0.463 e. The zero-order valence-electron chi connectivity index (χ0n) is 8.91. The van der Waals surface area contributed by atoms with Gasteiger partial charge in [-0.3, -0.25) is 0 Å². The quantitative estimate of drug-likeness (QED) is 0.696. The lowest BCUT2D eigenvalue weighted by Gasteiger charge is -2.01. The minimum atomic E-state index is -0.563. The molecule has 0 aliphatic rings. The standard InChI is InChI=1S/C10H10N4O2/c1-7-4-3-5-11-9(7)14-6-12-8(13-14)10(15)16-2/h3-6H,1-2H3. The summed E-state index contributed by atoms with van der Waals surface area (Å²) in [7, 11) is 1.29. The van der Waals surface area contributed by atoms with Crippen molar-refractivity contribution in [3.63, 3.8) is 0 Å². The van der Waals surface area contributed by atoms with E-state index >= 15 is 0 Å². The van der Waals surface area contributed by atoms with Gasteiger partial charge in [-0.05, 0) is 18.6 Å². The van der Waals surface area contributed by atoms with Crippen LogP contribution in [0.5, 0.6) is 0 Å². The van der Waals surface area contributed by atoms with E-state index in [4.69, 9.17) is 0 Å². The zero-order valence-corrected chi connectivity index (χ0v) is 8.91. The third kappa shape index (κ3) is 1.77. The summed E-state index contributed by atoms with van der Waals surface area (Å²) in [4.78, 5) is 19.2. The summed E-state index contributed by atoms with van der Waals surface area (Å²) in [5, 5.41) is 3.98. The van der Waals surface area contributed by atoms with Gasteiger partial charge in [-0.1, -0.05) is 6.07 Å². The van der Waals surface area contributed by atoms with E-state index in [9.17, 15) is 4.79 Å². The molecule has 16 heavy (non-hydrogen) atoms. The third-order valence-corrected chi connectivity index (χ3v) is 2.06. The molecule has 2 aromatic heterocycles. The van der Waals surface area contributed by atoms with Crippen LogP contribution in [0.1, 0.15) is 16.2 Å². The van der Waals surface area contributed by atoms with Crippen LogP contribution in [0, 0.1) is 6.92 Å². The maximum absolute atomic E-state index is 11.2. The van der Waals surface area contributed by atoms with E-state index in [1.54, 1.807) is 6.20 Å². The van der Waals surface area contributed by atoms with Crippen molar-refractivity contribution >= 4 is 5.97 Å². The molecule has 6 heteroatoms. The maximum atomic E-state index is 11.2. The molecule has 0 aromatic carbocycles. The summed E-state index contributed by atoms with van der Waals surface area (Å²) >= 11 is 0. The van der Waals surface area contributed by atoms with E-state index in [0.717, 1.165) is 5.56 Å². The Morgan fingerprint density at radius 2 is 2.25 bits per heavy atom. The van der Waals surface area contributed by atoms with Crippen LogP contribution in [0.4, 0.5) is 0 Å². The number of ether oxygens (including phenoxy) is 1. The van der Waals surface area contributed by atoms with E-state index < -0.39 is 5.97 Å². The Labute approximate surface area is 91.9 Å². The van der Waals surface area contributed by atoms with Crippen molar-refractivity contribution in [2.24, 2.45) is 0 Å². The first kappa shape index (κ1) is 10.3. The number of aryl methyl sites for hydroxylation is 1. The fourth-order valence-electron chi connectivity index (χ4n) is 1.27. The van der Waals surface area contributed by atoms with Gasteiger partial charge >= 0.3 is 5.97 Å². The van der Waals surface area contributed by atoms with Crippen LogP contribution in [0.25, 0.3) is 5.82 Å². The Balaban J connectivity index is 2.39. The van der Waals surface area contributed by atoms with Gasteiger partial charge in [0.15, 0.2) is 5.82 Å². The number of carbonyl (C=O) groups is 1. The predicted molar refractivity (Wildman–Crippen MR) is 55.2 cm³/mol. The highest BCUT2D eigenvalue weighted by molar-refractivity contribution is 5.84. The molecule has 0 bridgehead atoms. The molecule has 2 aromatic rings. The highest BCUT2D eigenvalue weighted by Gasteiger charge is 2.12. The van der Waals surface area contributed by atoms with Crippen LogP contribution in [0.15, 0.2) is 24.7 Å². The van der Waals surface area contributed by atoms with Gasteiger partial charge in [-0.25, -0.2) is 19.4 Å². The first-order valence-electron chi connectivity index (χ1n) is 4.64. The summed E-state index contributed by atoms with van der Waals surface area (Å²) < 4.78 is 5.96. The molecule has 0 saturated carbocycles. The van der Waals surface area contributed by atoms with Gasteiger partial charge in [0.25, 0.3) is 5.82 Å². The highest BCUT2D eigenvalue weighted by atomic mass is 16.5. The molecule has 0 N–H and O–H groups in total. The Bertz CT molecular complexity index is 521. The lowest BCUT2D eigenvalue weighted by molar-refractivity contribution is 0.0587. The third-order valence-electron chi connectivity index (χ3n) is 2.06. The van der Waals surface area contributed by atoms with E-state index in [0.29, 0.717) is 5.82 Å².